The van der Waals surface area contributed by atoms with Crippen molar-refractivity contribution in [3.63, 3.8) is 0 Å². The number of hydrogen-bond donors (Lipinski definition) is 0. The third-order valence-electron chi connectivity index (χ3n) is 3.90. The Morgan fingerprint density at radius 3 is 3.11 bits per heavy atom. The Balaban J connectivity index is 2.01. The summed E-state index contributed by atoms with van der Waals surface area (Å²) < 4.78 is 1.76. The van der Waals surface area contributed by atoms with Crippen molar-refractivity contribution in [3.8, 4) is 5.69 Å². The normalized spacial score (nSPS) is 20.8. The highest BCUT2D eigenvalue weighted by atomic mass is 16.2. The number of hydrogen-bond acceptors (Lipinski definition) is 4. The summed E-state index contributed by atoms with van der Waals surface area (Å²) in [6.45, 7) is 2.03. The fraction of sp³-hybridized carbons (Fsp3) is 0.385. The third-order valence-corrected chi connectivity index (χ3v) is 3.90. The Labute approximate surface area is 110 Å². The first-order valence-corrected chi connectivity index (χ1v) is 6.44. The molecular formula is C13H13N5O. The molecule has 0 bridgehead atoms. The molecule has 0 aliphatic carbocycles. The van der Waals surface area contributed by atoms with Crippen LogP contribution in [0.4, 0.5) is 5.69 Å². The van der Waals surface area contributed by atoms with Gasteiger partial charge in [-0.2, -0.15) is 4.68 Å². The molecule has 2 aliphatic heterocycles. The zero-order chi connectivity index (χ0) is 13.0. The highest BCUT2D eigenvalue weighted by molar-refractivity contribution is 5.98. The van der Waals surface area contributed by atoms with Crippen molar-refractivity contribution >= 4 is 11.6 Å². The van der Waals surface area contributed by atoms with Crippen LogP contribution in [0.15, 0.2) is 18.2 Å². The van der Waals surface area contributed by atoms with Gasteiger partial charge in [0.2, 0.25) is 5.91 Å². The van der Waals surface area contributed by atoms with Crippen LogP contribution in [0.1, 0.15) is 24.2 Å². The van der Waals surface area contributed by atoms with Gasteiger partial charge in [-0.3, -0.25) is 4.79 Å². The van der Waals surface area contributed by atoms with Crippen molar-refractivity contribution in [2.24, 2.45) is 0 Å². The van der Waals surface area contributed by atoms with Crippen LogP contribution in [0, 0.1) is 6.92 Å². The van der Waals surface area contributed by atoms with E-state index < -0.39 is 0 Å². The summed E-state index contributed by atoms with van der Waals surface area (Å²) in [5.74, 6) is 1.02. The third kappa shape index (κ3) is 1.43. The fourth-order valence-corrected chi connectivity index (χ4v) is 3.01. The smallest absolute Gasteiger partial charge is 0.227 e. The second kappa shape index (κ2) is 3.63. The number of carbonyl (C=O) groups excluding carboxylic acids is 1. The molecule has 6 nitrogen and oxygen atoms in total. The summed E-state index contributed by atoms with van der Waals surface area (Å²) in [6.07, 6.45) is 2.20. The molecule has 4 rings (SSSR count). The van der Waals surface area contributed by atoms with Crippen molar-refractivity contribution in [1.29, 1.82) is 0 Å². The molecule has 96 valence electrons. The number of amides is 1. The van der Waals surface area contributed by atoms with Gasteiger partial charge >= 0.3 is 0 Å². The molecule has 2 aromatic rings. The minimum absolute atomic E-state index is 0.182. The number of tetrazole rings is 1. The molecule has 0 radical (unpaired) electrons. The average molecular weight is 255 g/mol. The monoisotopic (exact) mass is 255 g/mol. The minimum atomic E-state index is 0.182. The van der Waals surface area contributed by atoms with Crippen LogP contribution >= 0.6 is 0 Å². The minimum Gasteiger partial charge on any atom is -0.307 e. The van der Waals surface area contributed by atoms with Gasteiger partial charge in [-0.05, 0) is 41.5 Å². The molecule has 1 atom stereocenters. The Hall–Kier alpha value is -2.24. The number of nitrogens with zero attached hydrogens (tertiary/aromatic N) is 5. The van der Waals surface area contributed by atoms with Crippen LogP contribution < -0.4 is 4.90 Å². The molecule has 1 amide bonds. The summed E-state index contributed by atoms with van der Waals surface area (Å²) in [7, 11) is 0. The number of anilines is 1. The van der Waals surface area contributed by atoms with Gasteiger partial charge in [-0.15, -0.1) is 5.10 Å². The number of carbonyl (C=O) groups is 1. The first kappa shape index (κ1) is 10.7. The summed E-state index contributed by atoms with van der Waals surface area (Å²) in [5.41, 5.74) is 2.95. The standard InChI is InChI=1S/C13H13N5O/c1-8-2-4-10-11(6-8)18-12(14-15-16-18)7-9-3-5-13(19)17(9)10/h2,4,6,9H,3,5,7H2,1H3/t9-/m0/s1. The first-order valence-electron chi connectivity index (χ1n) is 6.44. The Bertz CT molecular complexity index is 677. The lowest BCUT2D eigenvalue weighted by atomic mass is 10.1. The average Bonchev–Trinajstić information content (AvgIpc) is 2.96. The molecule has 1 fully saturated rings. The maximum atomic E-state index is 12.1. The quantitative estimate of drug-likeness (QED) is 0.705. The molecule has 1 saturated heterocycles. The van der Waals surface area contributed by atoms with E-state index in [0.717, 1.165) is 29.2 Å². The van der Waals surface area contributed by atoms with Gasteiger partial charge in [-0.25, -0.2) is 0 Å². The van der Waals surface area contributed by atoms with Gasteiger partial charge in [0.05, 0.1) is 11.4 Å². The molecule has 0 spiro atoms. The number of aryl methyl sites for hydroxylation is 1. The van der Waals surface area contributed by atoms with E-state index >= 15 is 0 Å². The van der Waals surface area contributed by atoms with E-state index in [9.17, 15) is 4.79 Å². The van der Waals surface area contributed by atoms with E-state index in [4.69, 9.17) is 0 Å². The number of fused-ring (bicyclic) bond motifs is 5. The highest BCUT2D eigenvalue weighted by Crippen LogP contribution is 2.36. The van der Waals surface area contributed by atoms with E-state index in [1.807, 2.05) is 30.0 Å². The largest absolute Gasteiger partial charge is 0.307 e. The van der Waals surface area contributed by atoms with E-state index in [1.165, 1.54) is 0 Å². The zero-order valence-corrected chi connectivity index (χ0v) is 10.6. The van der Waals surface area contributed by atoms with Crippen molar-refractivity contribution in [3.05, 3.63) is 29.6 Å². The van der Waals surface area contributed by atoms with Crippen LogP contribution in [-0.4, -0.2) is 32.2 Å². The lowest BCUT2D eigenvalue weighted by Crippen LogP contribution is -2.33. The Kier molecular flexibility index (Phi) is 2.04. The lowest BCUT2D eigenvalue weighted by molar-refractivity contribution is -0.117. The van der Waals surface area contributed by atoms with Crippen LogP contribution in [-0.2, 0) is 11.2 Å². The highest BCUT2D eigenvalue weighted by Gasteiger charge is 2.37. The van der Waals surface area contributed by atoms with Crippen LogP contribution in [0.3, 0.4) is 0 Å². The molecule has 0 saturated carbocycles. The van der Waals surface area contributed by atoms with E-state index in [-0.39, 0.29) is 11.9 Å². The summed E-state index contributed by atoms with van der Waals surface area (Å²) in [6, 6.07) is 6.23. The summed E-state index contributed by atoms with van der Waals surface area (Å²) in [5, 5.41) is 11.9. The van der Waals surface area contributed by atoms with E-state index in [0.29, 0.717) is 12.8 Å². The zero-order valence-electron chi connectivity index (χ0n) is 10.6. The second-order valence-electron chi connectivity index (χ2n) is 5.16. The predicted octanol–water partition coefficient (Wildman–Crippen LogP) is 1.02. The number of benzene rings is 1. The van der Waals surface area contributed by atoms with Crippen LogP contribution in [0.2, 0.25) is 0 Å². The van der Waals surface area contributed by atoms with Crippen LogP contribution in [0.5, 0.6) is 0 Å². The Morgan fingerprint density at radius 2 is 2.21 bits per heavy atom. The van der Waals surface area contributed by atoms with Gasteiger partial charge in [0.1, 0.15) is 0 Å². The Morgan fingerprint density at radius 1 is 1.32 bits per heavy atom. The van der Waals surface area contributed by atoms with Crippen molar-refractivity contribution < 1.29 is 4.79 Å². The first-order chi connectivity index (χ1) is 9.24. The molecule has 6 heteroatoms. The van der Waals surface area contributed by atoms with Gasteiger partial charge in [0.15, 0.2) is 5.82 Å². The summed E-state index contributed by atoms with van der Waals surface area (Å²) >= 11 is 0. The maximum Gasteiger partial charge on any atom is 0.227 e. The van der Waals surface area contributed by atoms with Gasteiger partial charge in [0, 0.05) is 18.9 Å². The van der Waals surface area contributed by atoms with Gasteiger partial charge in [-0.1, -0.05) is 6.07 Å². The van der Waals surface area contributed by atoms with Crippen LogP contribution in [0.25, 0.3) is 5.69 Å². The fourth-order valence-electron chi connectivity index (χ4n) is 3.01. The molecule has 1 aromatic heterocycles. The van der Waals surface area contributed by atoms with Crippen molar-refractivity contribution in [2.75, 3.05) is 4.90 Å². The molecule has 0 unspecified atom stereocenters. The number of rotatable bonds is 0. The van der Waals surface area contributed by atoms with E-state index in [2.05, 4.69) is 15.5 Å². The topological polar surface area (TPSA) is 63.9 Å². The maximum absolute atomic E-state index is 12.1. The van der Waals surface area contributed by atoms with Crippen molar-refractivity contribution in [2.45, 2.75) is 32.2 Å². The molecule has 1 aromatic carbocycles. The molecule has 2 aliphatic rings. The van der Waals surface area contributed by atoms with Gasteiger partial charge < -0.3 is 4.90 Å². The predicted molar refractivity (Wildman–Crippen MR) is 68.1 cm³/mol. The molecule has 3 heterocycles. The van der Waals surface area contributed by atoms with Crippen molar-refractivity contribution in [1.82, 2.24) is 20.2 Å². The molecular weight excluding hydrogens is 242 g/mol. The lowest BCUT2D eigenvalue weighted by Gasteiger charge is -2.23. The summed E-state index contributed by atoms with van der Waals surface area (Å²) in [4.78, 5) is 14.1. The second-order valence-corrected chi connectivity index (χ2v) is 5.16. The number of aromatic nitrogens is 4. The molecule has 0 N–H and O–H groups in total. The van der Waals surface area contributed by atoms with Gasteiger partial charge in [0.25, 0.3) is 0 Å². The SMILES string of the molecule is Cc1ccc2c(c1)-n1nnnc1C[C@@H]1CCC(=O)N21. The van der Waals surface area contributed by atoms with E-state index in [1.54, 1.807) is 4.68 Å². The molecule has 19 heavy (non-hydrogen) atoms.